The van der Waals surface area contributed by atoms with E-state index < -0.39 is 0 Å². The van der Waals surface area contributed by atoms with Gasteiger partial charge in [0.1, 0.15) is 0 Å². The number of nitrogens with zero attached hydrogens (tertiary/aromatic N) is 1. The van der Waals surface area contributed by atoms with Crippen LogP contribution in [-0.4, -0.2) is 31.7 Å². The van der Waals surface area contributed by atoms with Crippen LogP contribution in [0.4, 0.5) is 0 Å². The molecule has 1 rings (SSSR count). The second-order valence-corrected chi connectivity index (χ2v) is 6.59. The molecule has 0 bridgehead atoms. The minimum Gasteiger partial charge on any atom is -0.328 e. The maximum absolute atomic E-state index is 2.39. The lowest BCUT2D eigenvalue weighted by Gasteiger charge is -2.40. The largest absolute Gasteiger partial charge is 0.328 e. The van der Waals surface area contributed by atoms with E-state index in [1.54, 1.807) is 0 Å². The van der Waals surface area contributed by atoms with Gasteiger partial charge in [0.05, 0.1) is 27.2 Å². The molecular weight excluding hydrogens is 158 g/mol. The quantitative estimate of drug-likeness (QED) is 0.550. The zero-order valence-electron chi connectivity index (χ0n) is 10.2. The van der Waals surface area contributed by atoms with Crippen molar-refractivity contribution in [2.45, 2.75) is 46.1 Å². The predicted octanol–water partition coefficient (Wildman–Crippen LogP) is 2.91. The van der Waals surface area contributed by atoms with E-state index in [1.807, 2.05) is 0 Å². The van der Waals surface area contributed by atoms with Crippen molar-refractivity contribution < 1.29 is 4.48 Å². The number of hydrogen-bond acceptors (Lipinski definition) is 0. The van der Waals surface area contributed by atoms with E-state index in [2.05, 4.69) is 41.9 Å². The van der Waals surface area contributed by atoms with Gasteiger partial charge in [0.2, 0.25) is 0 Å². The van der Waals surface area contributed by atoms with Crippen molar-refractivity contribution in [1.82, 2.24) is 0 Å². The van der Waals surface area contributed by atoms with E-state index in [0.717, 1.165) is 16.4 Å². The van der Waals surface area contributed by atoms with Crippen molar-refractivity contribution in [3.05, 3.63) is 0 Å². The van der Waals surface area contributed by atoms with Gasteiger partial charge in [-0.3, -0.25) is 0 Å². The van der Waals surface area contributed by atoms with Crippen molar-refractivity contribution in [2.24, 2.45) is 11.3 Å². The lowest BCUT2D eigenvalue weighted by molar-refractivity contribution is -0.899. The summed E-state index contributed by atoms with van der Waals surface area (Å²) in [4.78, 5) is 0. The Hall–Kier alpha value is -0.0400. The molecule has 2 atom stereocenters. The topological polar surface area (TPSA) is 0 Å². The molecule has 78 valence electrons. The third kappa shape index (κ3) is 2.46. The molecule has 0 heterocycles. The van der Waals surface area contributed by atoms with Crippen LogP contribution in [0.3, 0.4) is 0 Å². The molecule has 0 amide bonds. The van der Waals surface area contributed by atoms with Gasteiger partial charge in [-0.2, -0.15) is 0 Å². The molecule has 0 radical (unpaired) electrons. The molecule has 0 aromatic carbocycles. The summed E-state index contributed by atoms with van der Waals surface area (Å²) in [6, 6.07) is 0.875. The first-order chi connectivity index (χ1) is 5.73. The fraction of sp³-hybridized carbons (Fsp3) is 1.00. The van der Waals surface area contributed by atoms with Gasteiger partial charge in [0, 0.05) is 5.92 Å². The van der Waals surface area contributed by atoms with Crippen LogP contribution in [0.2, 0.25) is 0 Å². The molecule has 0 unspecified atom stereocenters. The summed E-state index contributed by atoms with van der Waals surface area (Å²) in [6.07, 6.45) is 4.29. The summed E-state index contributed by atoms with van der Waals surface area (Å²) in [7, 11) is 7.03. The monoisotopic (exact) mass is 184 g/mol. The molecule has 13 heavy (non-hydrogen) atoms. The zero-order valence-corrected chi connectivity index (χ0v) is 10.2. The lowest BCUT2D eigenvalue weighted by atomic mass is 9.77. The van der Waals surface area contributed by atoms with Crippen LogP contribution < -0.4 is 0 Å². The van der Waals surface area contributed by atoms with Crippen LogP contribution in [-0.2, 0) is 0 Å². The summed E-state index contributed by atoms with van der Waals surface area (Å²) in [5, 5.41) is 0. The van der Waals surface area contributed by atoms with Gasteiger partial charge < -0.3 is 4.48 Å². The van der Waals surface area contributed by atoms with Crippen molar-refractivity contribution >= 4 is 0 Å². The Labute approximate surface area is 83.7 Å². The Morgan fingerprint density at radius 3 is 1.85 bits per heavy atom. The highest BCUT2D eigenvalue weighted by Crippen LogP contribution is 2.42. The van der Waals surface area contributed by atoms with Crippen LogP contribution in [0.1, 0.15) is 40.0 Å². The smallest absolute Gasteiger partial charge is 0.0917 e. The van der Waals surface area contributed by atoms with Crippen molar-refractivity contribution in [1.29, 1.82) is 0 Å². The van der Waals surface area contributed by atoms with Crippen molar-refractivity contribution in [2.75, 3.05) is 21.1 Å². The molecule has 0 aromatic heterocycles. The summed E-state index contributed by atoms with van der Waals surface area (Å²) < 4.78 is 1.14. The minimum atomic E-state index is 0.493. The normalized spacial score (nSPS) is 30.9. The van der Waals surface area contributed by atoms with Gasteiger partial charge in [0.15, 0.2) is 0 Å². The summed E-state index contributed by atoms with van der Waals surface area (Å²) in [5.41, 5.74) is 0.493. The molecular formula is C12H26N+. The number of hydrogen-bond donors (Lipinski definition) is 0. The van der Waals surface area contributed by atoms with E-state index in [9.17, 15) is 0 Å². The predicted molar refractivity (Wildman–Crippen MR) is 58.6 cm³/mol. The third-order valence-electron chi connectivity index (χ3n) is 3.59. The molecule has 1 fully saturated rings. The highest BCUT2D eigenvalue weighted by atomic mass is 15.3. The van der Waals surface area contributed by atoms with Gasteiger partial charge in [-0.15, -0.1) is 0 Å². The van der Waals surface area contributed by atoms with Gasteiger partial charge in [0.25, 0.3) is 0 Å². The van der Waals surface area contributed by atoms with Gasteiger partial charge in [-0.25, -0.2) is 0 Å². The van der Waals surface area contributed by atoms with E-state index in [-0.39, 0.29) is 0 Å². The average Bonchev–Trinajstić information content (AvgIpc) is 2.27. The molecule has 0 aromatic rings. The van der Waals surface area contributed by atoms with Crippen LogP contribution in [0.5, 0.6) is 0 Å². The summed E-state index contributed by atoms with van der Waals surface area (Å²) in [6.45, 7) is 7.18. The molecule has 1 aliphatic carbocycles. The Bertz CT molecular complexity index is 151. The minimum absolute atomic E-state index is 0.493. The van der Waals surface area contributed by atoms with Crippen LogP contribution >= 0.6 is 0 Å². The van der Waals surface area contributed by atoms with E-state index in [0.29, 0.717) is 5.41 Å². The van der Waals surface area contributed by atoms with Crippen LogP contribution in [0, 0.1) is 11.3 Å². The number of quaternary nitrogens is 1. The lowest BCUT2D eigenvalue weighted by Crippen LogP contribution is -2.49. The van der Waals surface area contributed by atoms with Gasteiger partial charge >= 0.3 is 0 Å². The highest BCUT2D eigenvalue weighted by Gasteiger charge is 2.42. The Morgan fingerprint density at radius 1 is 1.00 bits per heavy atom. The highest BCUT2D eigenvalue weighted by molar-refractivity contribution is 4.86. The van der Waals surface area contributed by atoms with E-state index >= 15 is 0 Å². The Balaban J connectivity index is 2.76. The summed E-state index contributed by atoms with van der Waals surface area (Å²) in [5.74, 6) is 0.910. The Morgan fingerprint density at radius 2 is 1.54 bits per heavy atom. The second kappa shape index (κ2) is 3.27. The maximum atomic E-state index is 2.39. The van der Waals surface area contributed by atoms with E-state index in [1.165, 1.54) is 19.3 Å². The van der Waals surface area contributed by atoms with Crippen molar-refractivity contribution in [3.8, 4) is 0 Å². The first-order valence-electron chi connectivity index (χ1n) is 5.54. The first-order valence-corrected chi connectivity index (χ1v) is 5.54. The third-order valence-corrected chi connectivity index (χ3v) is 3.59. The molecule has 0 saturated heterocycles. The van der Waals surface area contributed by atoms with Crippen LogP contribution in [0.15, 0.2) is 0 Å². The van der Waals surface area contributed by atoms with Crippen molar-refractivity contribution in [3.63, 3.8) is 0 Å². The summed E-state index contributed by atoms with van der Waals surface area (Å²) >= 11 is 0. The van der Waals surface area contributed by atoms with Gasteiger partial charge in [-0.05, 0) is 24.7 Å². The molecule has 0 aliphatic heterocycles. The molecule has 0 N–H and O–H groups in total. The maximum Gasteiger partial charge on any atom is 0.0917 e. The fourth-order valence-corrected chi connectivity index (χ4v) is 2.88. The molecule has 1 saturated carbocycles. The molecule has 0 spiro atoms. The first kappa shape index (κ1) is 11.0. The molecule has 1 heteroatoms. The number of rotatable bonds is 1. The molecule has 1 aliphatic rings. The standard InChI is InChI=1S/C12H26N/c1-12(2,3)10-8-7-9-11(10)13(4,5)6/h10-11H,7-9H2,1-6H3/q+1/t10-,11+/m1/s1. The molecule has 1 nitrogen and oxygen atoms in total. The average molecular weight is 184 g/mol. The SMILES string of the molecule is CC(C)(C)[C@@H]1CCC[C@@H]1[N+](C)(C)C. The van der Waals surface area contributed by atoms with Crippen LogP contribution in [0.25, 0.3) is 0 Å². The fourth-order valence-electron chi connectivity index (χ4n) is 2.88. The van der Waals surface area contributed by atoms with E-state index in [4.69, 9.17) is 0 Å². The van der Waals surface area contributed by atoms with Gasteiger partial charge in [-0.1, -0.05) is 20.8 Å². The zero-order chi connectivity index (χ0) is 10.3. The Kier molecular flexibility index (Phi) is 2.78. The second-order valence-electron chi connectivity index (χ2n) is 6.59.